The molecule has 0 bridgehead atoms. The molecule has 0 aliphatic heterocycles. The average Bonchev–Trinajstić information content (AvgIpc) is 2.93. The topological polar surface area (TPSA) is 26.3 Å². The van der Waals surface area contributed by atoms with E-state index in [-0.39, 0.29) is 12.5 Å². The van der Waals surface area contributed by atoms with Crippen molar-refractivity contribution >= 4 is 5.78 Å². The van der Waals surface area contributed by atoms with Crippen molar-refractivity contribution < 1.29 is 9.53 Å². The molecule has 0 saturated heterocycles. The molecule has 2 aliphatic rings. The molecule has 0 N–H and O–H groups in total. The van der Waals surface area contributed by atoms with E-state index < -0.39 is 0 Å². The highest BCUT2D eigenvalue weighted by atomic mass is 16.5. The summed E-state index contributed by atoms with van der Waals surface area (Å²) in [6.07, 6.45) is 9.41. The number of carbonyl (C=O) groups is 1. The molecule has 0 unspecified atom stereocenters. The summed E-state index contributed by atoms with van der Waals surface area (Å²) in [6, 6.07) is 6.29. The van der Waals surface area contributed by atoms with Crippen LogP contribution in [0.2, 0.25) is 0 Å². The molecule has 2 heteroatoms. The first-order valence-corrected chi connectivity index (χ1v) is 7.60. The van der Waals surface area contributed by atoms with Gasteiger partial charge in [-0.05, 0) is 55.4 Å². The highest BCUT2D eigenvalue weighted by Gasteiger charge is 2.21. The molecule has 2 nitrogen and oxygen atoms in total. The lowest BCUT2D eigenvalue weighted by atomic mass is 9.86. The third kappa shape index (κ3) is 2.99. The zero-order valence-electron chi connectivity index (χ0n) is 11.5. The molecule has 2 aliphatic carbocycles. The summed E-state index contributed by atoms with van der Waals surface area (Å²) in [5.41, 5.74) is 2.86. The maximum Gasteiger partial charge on any atom is 0.173 e. The number of benzene rings is 1. The largest absolute Gasteiger partial charge is 0.486 e. The molecule has 0 amide bonds. The predicted molar refractivity (Wildman–Crippen MR) is 75.5 cm³/mol. The smallest absolute Gasteiger partial charge is 0.173 e. The summed E-state index contributed by atoms with van der Waals surface area (Å²) in [7, 11) is 0. The molecular weight excluding hydrogens is 236 g/mol. The van der Waals surface area contributed by atoms with Gasteiger partial charge in [0.15, 0.2) is 5.78 Å². The average molecular weight is 258 g/mol. The van der Waals surface area contributed by atoms with Crippen molar-refractivity contribution in [3.8, 4) is 5.75 Å². The summed E-state index contributed by atoms with van der Waals surface area (Å²) in [6.45, 7) is 0.253. The third-order valence-corrected chi connectivity index (χ3v) is 4.51. The van der Waals surface area contributed by atoms with Crippen LogP contribution in [0.3, 0.4) is 0 Å². The fourth-order valence-corrected chi connectivity index (χ4v) is 3.33. The van der Waals surface area contributed by atoms with Crippen molar-refractivity contribution in [2.75, 3.05) is 6.61 Å². The van der Waals surface area contributed by atoms with Gasteiger partial charge in [-0.3, -0.25) is 4.79 Å². The van der Waals surface area contributed by atoms with Gasteiger partial charge in [-0.25, -0.2) is 0 Å². The Kier molecular flexibility index (Phi) is 3.86. The summed E-state index contributed by atoms with van der Waals surface area (Å²) in [4.78, 5) is 12.1. The minimum atomic E-state index is 0.253. The van der Waals surface area contributed by atoms with Gasteiger partial charge in [-0.2, -0.15) is 0 Å². The Morgan fingerprint density at radius 3 is 2.68 bits per heavy atom. The monoisotopic (exact) mass is 258 g/mol. The van der Waals surface area contributed by atoms with Crippen LogP contribution in [-0.4, -0.2) is 12.4 Å². The number of aryl methyl sites for hydroxylation is 2. The summed E-state index contributed by atoms with van der Waals surface area (Å²) >= 11 is 0. The molecule has 19 heavy (non-hydrogen) atoms. The van der Waals surface area contributed by atoms with Crippen LogP contribution in [0.4, 0.5) is 0 Å². The molecular formula is C17H22O2. The normalized spacial score (nSPS) is 19.2. The number of hydrogen-bond donors (Lipinski definition) is 0. The molecule has 1 saturated carbocycles. The Morgan fingerprint density at radius 1 is 1.05 bits per heavy atom. The Hall–Kier alpha value is -1.31. The Labute approximate surface area is 115 Å². The lowest BCUT2D eigenvalue weighted by molar-refractivity contribution is -0.125. The number of hydrogen-bond acceptors (Lipinski definition) is 2. The summed E-state index contributed by atoms with van der Waals surface area (Å²) < 4.78 is 5.70. The molecule has 1 fully saturated rings. The van der Waals surface area contributed by atoms with Crippen LogP contribution in [0.15, 0.2) is 18.2 Å². The molecule has 0 aromatic heterocycles. The van der Waals surface area contributed by atoms with Gasteiger partial charge in [-0.15, -0.1) is 0 Å². The van der Waals surface area contributed by atoms with Crippen LogP contribution in [0.1, 0.15) is 49.7 Å². The van der Waals surface area contributed by atoms with Crippen LogP contribution >= 0.6 is 0 Å². The molecule has 0 heterocycles. The van der Waals surface area contributed by atoms with Crippen LogP contribution < -0.4 is 4.74 Å². The van der Waals surface area contributed by atoms with E-state index in [1.807, 2.05) is 6.07 Å². The second-order valence-electron chi connectivity index (χ2n) is 5.87. The van der Waals surface area contributed by atoms with Gasteiger partial charge in [0.05, 0.1) is 0 Å². The third-order valence-electron chi connectivity index (χ3n) is 4.51. The quantitative estimate of drug-likeness (QED) is 0.823. The molecule has 102 valence electrons. The number of Topliss-reactive ketones (excluding diaryl/α,β-unsaturated/α-hetero) is 1. The van der Waals surface area contributed by atoms with E-state index in [0.717, 1.165) is 25.0 Å². The predicted octanol–water partition coefficient (Wildman–Crippen LogP) is 3.70. The lowest BCUT2D eigenvalue weighted by Gasteiger charge is -2.20. The van der Waals surface area contributed by atoms with Gasteiger partial charge in [0.2, 0.25) is 0 Å². The van der Waals surface area contributed by atoms with E-state index in [0.29, 0.717) is 5.78 Å². The zero-order valence-corrected chi connectivity index (χ0v) is 11.5. The summed E-state index contributed by atoms with van der Waals surface area (Å²) in [5, 5.41) is 0. The number of carbonyl (C=O) groups excluding carboxylic acids is 1. The molecule has 3 rings (SSSR count). The Bertz CT molecular complexity index is 458. The SMILES string of the molecule is O=C(COc1ccc2c(c1)CCC2)C1CCCCC1. The first kappa shape index (κ1) is 12.7. The molecule has 1 aromatic rings. The zero-order chi connectivity index (χ0) is 13.1. The fourth-order valence-electron chi connectivity index (χ4n) is 3.33. The van der Waals surface area contributed by atoms with Crippen LogP contribution in [0, 0.1) is 5.92 Å². The van der Waals surface area contributed by atoms with Crippen LogP contribution in [0.5, 0.6) is 5.75 Å². The fraction of sp³-hybridized carbons (Fsp3) is 0.588. The van der Waals surface area contributed by atoms with Crippen molar-refractivity contribution in [3.05, 3.63) is 29.3 Å². The second kappa shape index (κ2) is 5.77. The molecule has 0 spiro atoms. The summed E-state index contributed by atoms with van der Waals surface area (Å²) in [5.74, 6) is 1.41. The molecule has 0 radical (unpaired) electrons. The lowest BCUT2D eigenvalue weighted by Crippen LogP contribution is -2.23. The van der Waals surface area contributed by atoms with Crippen molar-refractivity contribution in [2.45, 2.75) is 51.4 Å². The van der Waals surface area contributed by atoms with E-state index in [4.69, 9.17) is 4.74 Å². The maximum absolute atomic E-state index is 12.1. The van der Waals surface area contributed by atoms with Gasteiger partial charge in [0, 0.05) is 5.92 Å². The number of ketones is 1. The van der Waals surface area contributed by atoms with Crippen molar-refractivity contribution in [3.63, 3.8) is 0 Å². The van der Waals surface area contributed by atoms with Crippen molar-refractivity contribution in [2.24, 2.45) is 5.92 Å². The number of rotatable bonds is 4. The van der Waals surface area contributed by atoms with Gasteiger partial charge >= 0.3 is 0 Å². The highest BCUT2D eigenvalue weighted by Crippen LogP contribution is 2.27. The maximum atomic E-state index is 12.1. The molecule has 0 atom stereocenters. The van der Waals surface area contributed by atoms with Gasteiger partial charge in [0.25, 0.3) is 0 Å². The standard InChI is InChI=1S/C17H22O2/c18-17(14-5-2-1-3-6-14)12-19-16-10-9-13-7-4-8-15(13)11-16/h9-11,14H,1-8,12H2. The minimum absolute atomic E-state index is 0.253. The number of ether oxygens (including phenoxy) is 1. The minimum Gasteiger partial charge on any atom is -0.486 e. The molecule has 1 aromatic carbocycles. The van der Waals surface area contributed by atoms with Crippen molar-refractivity contribution in [1.82, 2.24) is 0 Å². The van der Waals surface area contributed by atoms with Gasteiger partial charge < -0.3 is 4.74 Å². The Balaban J connectivity index is 1.55. The first-order valence-electron chi connectivity index (χ1n) is 7.60. The van der Waals surface area contributed by atoms with E-state index in [2.05, 4.69) is 12.1 Å². The number of fused-ring (bicyclic) bond motifs is 1. The highest BCUT2D eigenvalue weighted by molar-refractivity contribution is 5.82. The van der Waals surface area contributed by atoms with Crippen LogP contribution in [-0.2, 0) is 17.6 Å². The van der Waals surface area contributed by atoms with Crippen molar-refractivity contribution in [1.29, 1.82) is 0 Å². The Morgan fingerprint density at radius 2 is 1.84 bits per heavy atom. The van der Waals surface area contributed by atoms with Gasteiger partial charge in [0.1, 0.15) is 12.4 Å². The van der Waals surface area contributed by atoms with E-state index in [9.17, 15) is 4.79 Å². The van der Waals surface area contributed by atoms with E-state index >= 15 is 0 Å². The van der Waals surface area contributed by atoms with E-state index in [1.165, 1.54) is 43.2 Å². The van der Waals surface area contributed by atoms with Crippen LogP contribution in [0.25, 0.3) is 0 Å². The van der Waals surface area contributed by atoms with Gasteiger partial charge in [-0.1, -0.05) is 25.3 Å². The van der Waals surface area contributed by atoms with E-state index in [1.54, 1.807) is 0 Å². The first-order chi connectivity index (χ1) is 9.33. The second-order valence-corrected chi connectivity index (χ2v) is 5.87.